The fraction of sp³-hybridized carbons (Fsp3) is 0.615. The highest BCUT2D eigenvalue weighted by molar-refractivity contribution is 7.99. The van der Waals surface area contributed by atoms with E-state index in [-0.39, 0.29) is 17.7 Å². The lowest BCUT2D eigenvalue weighted by Crippen LogP contribution is -2.34. The Morgan fingerprint density at radius 1 is 1.24 bits per heavy atom. The Balaban J connectivity index is 2.22. The first kappa shape index (κ1) is 16.2. The van der Waals surface area contributed by atoms with Gasteiger partial charge in [-0.15, -0.1) is 0 Å². The van der Waals surface area contributed by atoms with Crippen LogP contribution < -0.4 is 16.6 Å². The van der Waals surface area contributed by atoms with Crippen molar-refractivity contribution >= 4 is 23.4 Å². The summed E-state index contributed by atoms with van der Waals surface area (Å²) in [5.74, 6) is 5.42. The Hall–Kier alpha value is -1.15. The fourth-order valence-electron chi connectivity index (χ4n) is 2.58. The SMILES string of the molecule is CSC1CCCCC1Nc1cc(C(F)(F)F)cc(NN)n1. The molecule has 8 heteroatoms. The standard InChI is InChI=1S/C13H19F3N4S/c1-21-10-5-3-2-4-9(10)18-11-6-8(13(14,15)16)7-12(19-11)20-17/h6-7,9-10H,2-5,17H2,1H3,(H2,18,19,20). The van der Waals surface area contributed by atoms with Crippen LogP contribution >= 0.6 is 11.8 Å². The monoisotopic (exact) mass is 320 g/mol. The van der Waals surface area contributed by atoms with Gasteiger partial charge in [-0.1, -0.05) is 12.8 Å². The molecule has 2 unspecified atom stereocenters. The first-order chi connectivity index (χ1) is 9.94. The summed E-state index contributed by atoms with van der Waals surface area (Å²) in [5.41, 5.74) is 1.43. The highest BCUT2D eigenvalue weighted by Crippen LogP contribution is 2.33. The Morgan fingerprint density at radius 3 is 2.52 bits per heavy atom. The van der Waals surface area contributed by atoms with Crippen LogP contribution in [0, 0.1) is 0 Å². The molecule has 21 heavy (non-hydrogen) atoms. The second-order valence-electron chi connectivity index (χ2n) is 5.08. The molecule has 0 aromatic carbocycles. The number of thioether (sulfide) groups is 1. The highest BCUT2D eigenvalue weighted by Gasteiger charge is 2.32. The summed E-state index contributed by atoms with van der Waals surface area (Å²) < 4.78 is 38.6. The van der Waals surface area contributed by atoms with Crippen molar-refractivity contribution in [1.29, 1.82) is 0 Å². The van der Waals surface area contributed by atoms with Crippen LogP contribution in [0.3, 0.4) is 0 Å². The molecular weight excluding hydrogens is 301 g/mol. The second kappa shape index (κ2) is 6.74. The number of nitrogens with two attached hydrogens (primary N) is 1. The molecule has 1 aromatic rings. The van der Waals surface area contributed by atoms with E-state index < -0.39 is 11.7 Å². The van der Waals surface area contributed by atoms with E-state index in [9.17, 15) is 13.2 Å². The predicted molar refractivity (Wildman–Crippen MR) is 80.2 cm³/mol. The summed E-state index contributed by atoms with van der Waals surface area (Å²) in [5, 5.41) is 3.53. The molecule has 0 saturated heterocycles. The summed E-state index contributed by atoms with van der Waals surface area (Å²) >= 11 is 1.74. The number of nitrogens with one attached hydrogen (secondary N) is 2. The lowest BCUT2D eigenvalue weighted by molar-refractivity contribution is -0.137. The zero-order chi connectivity index (χ0) is 15.5. The van der Waals surface area contributed by atoms with Crippen LogP contribution in [-0.4, -0.2) is 22.5 Å². The van der Waals surface area contributed by atoms with Gasteiger partial charge in [0.1, 0.15) is 11.6 Å². The molecular formula is C13H19F3N4S. The molecule has 1 saturated carbocycles. The number of aromatic nitrogens is 1. The van der Waals surface area contributed by atoms with E-state index in [1.165, 1.54) is 0 Å². The number of anilines is 2. The van der Waals surface area contributed by atoms with Crippen molar-refractivity contribution in [2.24, 2.45) is 5.84 Å². The van der Waals surface area contributed by atoms with Crippen LogP contribution in [0.25, 0.3) is 0 Å². The van der Waals surface area contributed by atoms with E-state index in [0.29, 0.717) is 5.25 Å². The molecule has 1 aliphatic rings. The summed E-state index contributed by atoms with van der Waals surface area (Å²) in [6, 6.07) is 2.07. The van der Waals surface area contributed by atoms with Gasteiger partial charge >= 0.3 is 6.18 Å². The number of pyridine rings is 1. The highest BCUT2D eigenvalue weighted by atomic mass is 32.2. The van der Waals surface area contributed by atoms with Gasteiger partial charge in [-0.2, -0.15) is 24.9 Å². The zero-order valence-corrected chi connectivity index (χ0v) is 12.5. The summed E-state index contributed by atoms with van der Waals surface area (Å²) in [4.78, 5) is 4.07. The quantitative estimate of drug-likeness (QED) is 0.586. The third kappa shape index (κ3) is 4.16. The third-order valence-corrected chi connectivity index (χ3v) is 4.81. The van der Waals surface area contributed by atoms with E-state index >= 15 is 0 Å². The number of halogens is 3. The minimum absolute atomic E-state index is 0.00355. The molecule has 0 bridgehead atoms. The topological polar surface area (TPSA) is 63.0 Å². The largest absolute Gasteiger partial charge is 0.416 e. The van der Waals surface area contributed by atoms with Crippen LogP contribution in [0.1, 0.15) is 31.2 Å². The molecule has 1 aliphatic carbocycles. The van der Waals surface area contributed by atoms with Crippen molar-refractivity contribution < 1.29 is 13.2 Å². The first-order valence-electron chi connectivity index (χ1n) is 6.79. The minimum Gasteiger partial charge on any atom is -0.366 e. The Bertz CT molecular complexity index is 481. The first-order valence-corrected chi connectivity index (χ1v) is 8.08. The number of hydrogen-bond donors (Lipinski definition) is 3. The van der Waals surface area contributed by atoms with Gasteiger partial charge in [0, 0.05) is 11.3 Å². The minimum atomic E-state index is -4.42. The van der Waals surface area contributed by atoms with Gasteiger partial charge in [0.15, 0.2) is 0 Å². The van der Waals surface area contributed by atoms with Crippen LogP contribution in [0.5, 0.6) is 0 Å². The van der Waals surface area contributed by atoms with Crippen LogP contribution in [-0.2, 0) is 6.18 Å². The van der Waals surface area contributed by atoms with Crippen molar-refractivity contribution in [2.45, 2.75) is 43.2 Å². The number of rotatable bonds is 4. The van der Waals surface area contributed by atoms with Crippen molar-refractivity contribution in [1.82, 2.24) is 4.98 Å². The molecule has 0 aliphatic heterocycles. The van der Waals surface area contributed by atoms with E-state index in [2.05, 4.69) is 15.7 Å². The molecule has 1 aromatic heterocycles. The predicted octanol–water partition coefficient (Wildman–Crippen LogP) is 3.47. The maximum atomic E-state index is 12.9. The summed E-state index contributed by atoms with van der Waals surface area (Å²) in [6.07, 6.45) is 1.85. The Labute approximate surface area is 126 Å². The lowest BCUT2D eigenvalue weighted by atomic mass is 9.95. The third-order valence-electron chi connectivity index (χ3n) is 3.64. The summed E-state index contributed by atoms with van der Waals surface area (Å²) in [7, 11) is 0. The molecule has 0 amide bonds. The smallest absolute Gasteiger partial charge is 0.366 e. The van der Waals surface area contributed by atoms with Gasteiger partial charge in [0.2, 0.25) is 0 Å². The zero-order valence-electron chi connectivity index (χ0n) is 11.7. The molecule has 2 atom stereocenters. The second-order valence-corrected chi connectivity index (χ2v) is 6.15. The van der Waals surface area contributed by atoms with E-state index in [0.717, 1.165) is 37.8 Å². The molecule has 1 fully saturated rings. The van der Waals surface area contributed by atoms with Crippen molar-refractivity contribution in [3.05, 3.63) is 17.7 Å². The van der Waals surface area contributed by atoms with Crippen molar-refractivity contribution in [2.75, 3.05) is 17.0 Å². The molecule has 4 N–H and O–H groups in total. The molecule has 0 spiro atoms. The van der Waals surface area contributed by atoms with E-state index in [1.807, 2.05) is 6.26 Å². The van der Waals surface area contributed by atoms with Gasteiger partial charge < -0.3 is 10.7 Å². The Kier molecular flexibility index (Phi) is 5.21. The van der Waals surface area contributed by atoms with Crippen LogP contribution in [0.4, 0.5) is 24.8 Å². The van der Waals surface area contributed by atoms with Gasteiger partial charge in [0.25, 0.3) is 0 Å². The molecule has 0 radical (unpaired) electrons. The van der Waals surface area contributed by atoms with Gasteiger partial charge in [-0.3, -0.25) is 0 Å². The van der Waals surface area contributed by atoms with Gasteiger partial charge in [0.05, 0.1) is 5.56 Å². The number of nitrogen functional groups attached to an aromatic ring is 1. The molecule has 118 valence electrons. The molecule has 2 rings (SSSR count). The van der Waals surface area contributed by atoms with Crippen LogP contribution in [0.15, 0.2) is 12.1 Å². The van der Waals surface area contributed by atoms with Gasteiger partial charge in [-0.25, -0.2) is 10.8 Å². The van der Waals surface area contributed by atoms with E-state index in [1.54, 1.807) is 11.8 Å². The normalized spacial score (nSPS) is 22.9. The van der Waals surface area contributed by atoms with Crippen LogP contribution in [0.2, 0.25) is 0 Å². The fourth-order valence-corrected chi connectivity index (χ4v) is 3.51. The average Bonchev–Trinajstić information content (AvgIpc) is 2.46. The van der Waals surface area contributed by atoms with E-state index in [4.69, 9.17) is 5.84 Å². The van der Waals surface area contributed by atoms with Crippen molar-refractivity contribution in [3.63, 3.8) is 0 Å². The number of hydrogen-bond acceptors (Lipinski definition) is 5. The maximum absolute atomic E-state index is 12.9. The van der Waals surface area contributed by atoms with Crippen molar-refractivity contribution in [3.8, 4) is 0 Å². The summed E-state index contributed by atoms with van der Waals surface area (Å²) in [6.45, 7) is 0. The number of hydrazine groups is 1. The number of alkyl halides is 3. The molecule has 4 nitrogen and oxygen atoms in total. The lowest BCUT2D eigenvalue weighted by Gasteiger charge is -2.31. The Morgan fingerprint density at radius 2 is 1.90 bits per heavy atom. The van der Waals surface area contributed by atoms with Gasteiger partial charge in [-0.05, 0) is 31.2 Å². The maximum Gasteiger partial charge on any atom is 0.416 e. The average molecular weight is 320 g/mol. The molecule has 1 heterocycles. The number of nitrogens with zero attached hydrogens (tertiary/aromatic N) is 1.